The van der Waals surface area contributed by atoms with Crippen molar-refractivity contribution in [3.63, 3.8) is 0 Å². The van der Waals surface area contributed by atoms with Crippen LogP contribution in [-0.4, -0.2) is 38.6 Å². The number of thiophene rings is 1. The summed E-state index contributed by atoms with van der Waals surface area (Å²) in [6, 6.07) is 11.6. The maximum atomic E-state index is 11.1. The molecular weight excluding hydrogens is 487 g/mol. The molecule has 154 valence electrons. The molecule has 0 spiro atoms. The number of hydrogen-bond donors (Lipinski definition) is 3. The Morgan fingerprint density at radius 3 is 2.64 bits per heavy atom. The average Bonchev–Trinajstić information content (AvgIpc) is 3.16. The van der Waals surface area contributed by atoms with Crippen LogP contribution < -0.4 is 20.7 Å². The number of amides is 1. The Kier molecular flexibility index (Phi) is 10.3. The summed E-state index contributed by atoms with van der Waals surface area (Å²) in [4.78, 5) is 16.7. The molecule has 0 radical (unpaired) electrons. The van der Waals surface area contributed by atoms with Gasteiger partial charge in [0.2, 0.25) is 5.91 Å². The first-order valence-corrected chi connectivity index (χ1v) is 9.77. The highest BCUT2D eigenvalue weighted by Crippen LogP contribution is 2.26. The Labute approximate surface area is 188 Å². The maximum Gasteiger partial charge on any atom is 0.221 e. The largest absolute Gasteiger partial charge is 0.492 e. The smallest absolute Gasteiger partial charge is 0.221 e. The molecule has 1 amide bonds. The Morgan fingerprint density at radius 1 is 1.21 bits per heavy atom. The first-order valence-electron chi connectivity index (χ1n) is 8.89. The second-order valence-electron chi connectivity index (χ2n) is 6.77. The van der Waals surface area contributed by atoms with Crippen molar-refractivity contribution in [1.29, 1.82) is 0 Å². The zero-order valence-corrected chi connectivity index (χ0v) is 19.9. The summed E-state index contributed by atoms with van der Waals surface area (Å²) in [5, 5.41) is 11.5. The number of carbonyl (C=O) groups is 1. The van der Waals surface area contributed by atoms with E-state index in [1.165, 1.54) is 11.8 Å². The molecule has 0 atom stereocenters. The molecule has 0 bridgehead atoms. The molecule has 3 N–H and O–H groups in total. The van der Waals surface area contributed by atoms with E-state index >= 15 is 0 Å². The fourth-order valence-electron chi connectivity index (χ4n) is 2.48. The van der Waals surface area contributed by atoms with Gasteiger partial charge in [0.1, 0.15) is 12.4 Å². The number of ether oxygens (including phenoxy) is 1. The number of nitrogens with one attached hydrogen (secondary N) is 3. The highest BCUT2D eigenvalue weighted by molar-refractivity contribution is 14.0. The van der Waals surface area contributed by atoms with Crippen LogP contribution >= 0.6 is 35.3 Å². The topological polar surface area (TPSA) is 74.8 Å². The van der Waals surface area contributed by atoms with Crippen LogP contribution in [0.1, 0.15) is 25.6 Å². The first kappa shape index (κ1) is 24.2. The van der Waals surface area contributed by atoms with E-state index in [0.29, 0.717) is 18.9 Å². The van der Waals surface area contributed by atoms with Gasteiger partial charge in [0.25, 0.3) is 0 Å². The number of anilines is 1. The van der Waals surface area contributed by atoms with Crippen LogP contribution in [0.15, 0.2) is 46.8 Å². The van der Waals surface area contributed by atoms with Gasteiger partial charge in [-0.15, -0.1) is 35.3 Å². The molecular formula is C20H29IN4O2S. The minimum atomic E-state index is -0.103. The number of hydrogen-bond acceptors (Lipinski definition) is 4. The number of rotatable bonds is 8. The van der Waals surface area contributed by atoms with E-state index in [9.17, 15) is 4.79 Å². The summed E-state index contributed by atoms with van der Waals surface area (Å²) < 4.78 is 5.73. The first-order chi connectivity index (χ1) is 12.9. The lowest BCUT2D eigenvalue weighted by Crippen LogP contribution is -2.44. The molecule has 0 aliphatic rings. The molecule has 1 aromatic heterocycles. The van der Waals surface area contributed by atoms with E-state index < -0.39 is 0 Å². The minimum Gasteiger partial charge on any atom is -0.492 e. The highest BCUT2D eigenvalue weighted by Gasteiger charge is 2.21. The molecule has 0 saturated carbocycles. The van der Waals surface area contributed by atoms with Crippen LogP contribution in [0.25, 0.3) is 0 Å². The lowest BCUT2D eigenvalue weighted by atomic mass is 9.91. The number of guanidine groups is 1. The van der Waals surface area contributed by atoms with Gasteiger partial charge in [-0.2, -0.15) is 0 Å². The summed E-state index contributed by atoms with van der Waals surface area (Å²) >= 11 is 1.77. The van der Waals surface area contributed by atoms with Crippen LogP contribution in [-0.2, 0) is 10.2 Å². The second kappa shape index (κ2) is 11.9. The molecule has 1 aromatic carbocycles. The molecule has 0 saturated heterocycles. The number of aliphatic imine (C=N–C) groups is 1. The van der Waals surface area contributed by atoms with Crippen LogP contribution in [0.4, 0.5) is 5.69 Å². The van der Waals surface area contributed by atoms with Gasteiger partial charge < -0.3 is 20.7 Å². The SMILES string of the molecule is CN=C(NCCOc1cccc(NC(C)=O)c1)NCC(C)(C)c1cccs1.I. The van der Waals surface area contributed by atoms with Crippen LogP contribution in [0, 0.1) is 0 Å². The summed E-state index contributed by atoms with van der Waals surface area (Å²) in [5.74, 6) is 1.36. The van der Waals surface area contributed by atoms with Crippen LogP contribution in [0.3, 0.4) is 0 Å². The zero-order valence-electron chi connectivity index (χ0n) is 16.7. The van der Waals surface area contributed by atoms with Gasteiger partial charge in [0.05, 0.1) is 6.54 Å². The maximum absolute atomic E-state index is 11.1. The summed E-state index contributed by atoms with van der Waals surface area (Å²) in [5.41, 5.74) is 0.758. The summed E-state index contributed by atoms with van der Waals surface area (Å²) in [6.45, 7) is 7.79. The van der Waals surface area contributed by atoms with E-state index in [0.717, 1.165) is 18.2 Å². The van der Waals surface area contributed by atoms with Crippen molar-refractivity contribution in [3.05, 3.63) is 46.7 Å². The van der Waals surface area contributed by atoms with Gasteiger partial charge in [-0.3, -0.25) is 9.79 Å². The highest BCUT2D eigenvalue weighted by atomic mass is 127. The van der Waals surface area contributed by atoms with E-state index in [4.69, 9.17) is 4.74 Å². The molecule has 8 heteroatoms. The van der Waals surface area contributed by atoms with Gasteiger partial charge in [-0.1, -0.05) is 26.0 Å². The predicted octanol–water partition coefficient (Wildman–Crippen LogP) is 3.85. The molecule has 28 heavy (non-hydrogen) atoms. The third-order valence-corrected chi connectivity index (χ3v) is 5.16. The van der Waals surface area contributed by atoms with Crippen molar-refractivity contribution >= 4 is 52.9 Å². The third kappa shape index (κ3) is 8.05. The molecule has 0 unspecified atom stereocenters. The number of halogens is 1. The van der Waals surface area contributed by atoms with Gasteiger partial charge in [0.15, 0.2) is 5.96 Å². The van der Waals surface area contributed by atoms with Crippen molar-refractivity contribution in [2.75, 3.05) is 32.1 Å². The van der Waals surface area contributed by atoms with Crippen LogP contribution in [0.5, 0.6) is 5.75 Å². The molecule has 0 aliphatic carbocycles. The van der Waals surface area contributed by atoms with Gasteiger partial charge in [-0.25, -0.2) is 0 Å². The molecule has 2 aromatic rings. The standard InChI is InChI=1S/C20H28N4O2S.HI/c1-15(25)24-16-7-5-8-17(13-16)26-11-10-22-19(21-4)23-14-20(2,3)18-9-6-12-27-18;/h5-9,12-13H,10-11,14H2,1-4H3,(H,24,25)(H2,21,22,23);1H. The lowest BCUT2D eigenvalue weighted by Gasteiger charge is -2.25. The van der Waals surface area contributed by atoms with Gasteiger partial charge >= 0.3 is 0 Å². The van der Waals surface area contributed by atoms with Crippen LogP contribution in [0.2, 0.25) is 0 Å². The normalized spacial score (nSPS) is 11.4. The van der Waals surface area contributed by atoms with Crippen molar-refractivity contribution in [2.45, 2.75) is 26.2 Å². The fraction of sp³-hybridized carbons (Fsp3) is 0.400. The average molecular weight is 516 g/mol. The molecule has 2 rings (SSSR count). The molecule has 6 nitrogen and oxygen atoms in total. The molecule has 0 fully saturated rings. The van der Waals surface area contributed by atoms with Gasteiger partial charge in [-0.05, 0) is 23.6 Å². The minimum absolute atomic E-state index is 0. The van der Waals surface area contributed by atoms with Crippen molar-refractivity contribution in [1.82, 2.24) is 10.6 Å². The van der Waals surface area contributed by atoms with E-state index in [1.54, 1.807) is 24.5 Å². The molecule has 0 aliphatic heterocycles. The Hall–Kier alpha value is -1.81. The fourth-order valence-corrected chi connectivity index (χ4v) is 3.33. The van der Waals surface area contributed by atoms with E-state index in [2.05, 4.69) is 52.3 Å². The van der Waals surface area contributed by atoms with Gasteiger partial charge in [0, 0.05) is 42.6 Å². The monoisotopic (exact) mass is 516 g/mol. The quantitative estimate of drug-likeness (QED) is 0.216. The van der Waals surface area contributed by atoms with Crippen molar-refractivity contribution < 1.29 is 9.53 Å². The van der Waals surface area contributed by atoms with E-state index in [-0.39, 0.29) is 35.3 Å². The number of benzene rings is 1. The third-order valence-electron chi connectivity index (χ3n) is 3.93. The lowest BCUT2D eigenvalue weighted by molar-refractivity contribution is -0.114. The second-order valence-corrected chi connectivity index (χ2v) is 7.72. The Morgan fingerprint density at radius 2 is 2.00 bits per heavy atom. The molecule has 1 heterocycles. The van der Waals surface area contributed by atoms with Crippen molar-refractivity contribution in [3.8, 4) is 5.75 Å². The van der Waals surface area contributed by atoms with Crippen molar-refractivity contribution in [2.24, 2.45) is 4.99 Å². The number of nitrogens with zero attached hydrogens (tertiary/aromatic N) is 1. The predicted molar refractivity (Wildman–Crippen MR) is 128 cm³/mol. The Balaban J connectivity index is 0.00000392. The van der Waals surface area contributed by atoms with E-state index in [1.807, 2.05) is 18.2 Å². The zero-order chi connectivity index (χ0) is 19.7. The Bertz CT molecular complexity index is 763. The summed E-state index contributed by atoms with van der Waals surface area (Å²) in [6.07, 6.45) is 0. The summed E-state index contributed by atoms with van der Waals surface area (Å²) in [7, 11) is 1.76. The number of carbonyl (C=O) groups excluding carboxylic acids is 1.